The van der Waals surface area contributed by atoms with Crippen LogP contribution in [0.4, 0.5) is 0 Å². The summed E-state index contributed by atoms with van der Waals surface area (Å²) in [5, 5.41) is 1.57. The highest BCUT2D eigenvalue weighted by Gasteiger charge is 2.20. The Hall–Kier alpha value is -3.77. The number of hydrogen-bond acceptors (Lipinski definition) is 5. The van der Waals surface area contributed by atoms with Crippen LogP contribution in [-0.2, 0) is 17.9 Å². The molecular formula is C27H23ClN2O4. The molecule has 0 bridgehead atoms. The van der Waals surface area contributed by atoms with Gasteiger partial charge in [0.25, 0.3) is 0 Å². The number of halogens is 1. The van der Waals surface area contributed by atoms with Gasteiger partial charge in [0.2, 0.25) is 12.7 Å². The summed E-state index contributed by atoms with van der Waals surface area (Å²) >= 11 is 6.24. The molecule has 0 saturated carbocycles. The van der Waals surface area contributed by atoms with E-state index in [9.17, 15) is 4.79 Å². The molecule has 2 heterocycles. The summed E-state index contributed by atoms with van der Waals surface area (Å²) in [5.74, 6) is 2.08. The molecule has 0 saturated heterocycles. The third-order valence-electron chi connectivity index (χ3n) is 5.84. The summed E-state index contributed by atoms with van der Waals surface area (Å²) in [6, 6.07) is 21.2. The molecule has 0 aliphatic carbocycles. The number of hydrogen-bond donors (Lipinski definition) is 0. The number of pyridine rings is 1. The largest absolute Gasteiger partial charge is 0.496 e. The van der Waals surface area contributed by atoms with Gasteiger partial charge < -0.3 is 19.1 Å². The van der Waals surface area contributed by atoms with Crippen molar-refractivity contribution in [1.29, 1.82) is 0 Å². The molecule has 0 spiro atoms. The molecule has 6 nitrogen and oxygen atoms in total. The maximum atomic E-state index is 12.7. The molecule has 5 rings (SSSR count). The first-order valence-electron chi connectivity index (χ1n) is 10.9. The highest BCUT2D eigenvalue weighted by atomic mass is 35.5. The first-order chi connectivity index (χ1) is 16.5. The summed E-state index contributed by atoms with van der Waals surface area (Å²) in [4.78, 5) is 19.4. The van der Waals surface area contributed by atoms with Crippen molar-refractivity contribution >= 4 is 28.4 Å². The van der Waals surface area contributed by atoms with Gasteiger partial charge in [-0.1, -0.05) is 35.9 Å². The van der Waals surface area contributed by atoms with Crippen molar-refractivity contribution in [2.45, 2.75) is 20.0 Å². The molecule has 1 amide bonds. The highest BCUT2D eigenvalue weighted by molar-refractivity contribution is 6.31. The molecule has 172 valence electrons. The van der Waals surface area contributed by atoms with Crippen molar-refractivity contribution in [1.82, 2.24) is 9.88 Å². The van der Waals surface area contributed by atoms with Crippen LogP contribution in [0.3, 0.4) is 0 Å². The van der Waals surface area contributed by atoms with E-state index in [0.29, 0.717) is 35.4 Å². The van der Waals surface area contributed by atoms with E-state index in [1.54, 1.807) is 18.9 Å². The average molecular weight is 475 g/mol. The predicted molar refractivity (Wildman–Crippen MR) is 131 cm³/mol. The van der Waals surface area contributed by atoms with Gasteiger partial charge in [-0.15, -0.1) is 0 Å². The number of methoxy groups -OCH3 is 1. The minimum atomic E-state index is -0.0418. The van der Waals surface area contributed by atoms with Crippen LogP contribution < -0.4 is 14.2 Å². The van der Waals surface area contributed by atoms with Gasteiger partial charge in [0.05, 0.1) is 18.3 Å². The van der Waals surface area contributed by atoms with Crippen LogP contribution >= 0.6 is 11.6 Å². The standard InChI is InChI=1S/C27H23ClN2O4/c1-17(31)30(14-18-7-10-25-26(11-18)34-16-33-25)15-20-12-19-8-9-21(28)13-23(19)29-27(20)22-5-3-4-6-24(22)32-2/h3-13H,14-16H2,1-2H3. The number of benzene rings is 3. The minimum Gasteiger partial charge on any atom is -0.496 e. The number of para-hydroxylation sites is 1. The van der Waals surface area contributed by atoms with Gasteiger partial charge in [-0.05, 0) is 53.6 Å². The lowest BCUT2D eigenvalue weighted by Crippen LogP contribution is -2.28. The molecule has 1 aliphatic rings. The summed E-state index contributed by atoms with van der Waals surface area (Å²) in [6.45, 7) is 2.59. The van der Waals surface area contributed by atoms with Crippen LogP contribution in [0.25, 0.3) is 22.2 Å². The zero-order chi connectivity index (χ0) is 23.7. The molecule has 3 aromatic carbocycles. The Bertz CT molecular complexity index is 1390. The van der Waals surface area contributed by atoms with Crippen LogP contribution in [-0.4, -0.2) is 29.7 Å². The SMILES string of the molecule is COc1ccccc1-c1nc2cc(Cl)ccc2cc1CN(Cc1ccc2c(c1)OCO2)C(C)=O. The number of nitrogens with zero attached hydrogens (tertiary/aromatic N) is 2. The van der Waals surface area contributed by atoms with Gasteiger partial charge in [-0.3, -0.25) is 4.79 Å². The molecule has 34 heavy (non-hydrogen) atoms. The Morgan fingerprint density at radius 2 is 1.85 bits per heavy atom. The number of amides is 1. The van der Waals surface area contributed by atoms with E-state index in [4.69, 9.17) is 30.8 Å². The monoisotopic (exact) mass is 474 g/mol. The third-order valence-corrected chi connectivity index (χ3v) is 6.07. The van der Waals surface area contributed by atoms with Gasteiger partial charge >= 0.3 is 0 Å². The molecule has 1 aromatic heterocycles. The first-order valence-corrected chi connectivity index (χ1v) is 11.3. The summed E-state index contributed by atoms with van der Waals surface area (Å²) < 4.78 is 16.5. The molecule has 0 atom stereocenters. The fraction of sp³-hybridized carbons (Fsp3) is 0.185. The molecule has 0 fully saturated rings. The zero-order valence-electron chi connectivity index (χ0n) is 18.9. The number of fused-ring (bicyclic) bond motifs is 2. The maximum absolute atomic E-state index is 12.7. The zero-order valence-corrected chi connectivity index (χ0v) is 19.6. The van der Waals surface area contributed by atoms with E-state index in [0.717, 1.165) is 33.3 Å². The second kappa shape index (κ2) is 9.23. The van der Waals surface area contributed by atoms with Crippen molar-refractivity contribution < 1.29 is 19.0 Å². The molecule has 1 aliphatic heterocycles. The van der Waals surface area contributed by atoms with Crippen molar-refractivity contribution in [3.8, 4) is 28.5 Å². The van der Waals surface area contributed by atoms with Gasteiger partial charge in [0.1, 0.15) is 5.75 Å². The van der Waals surface area contributed by atoms with Crippen LogP contribution in [0.2, 0.25) is 5.02 Å². The Morgan fingerprint density at radius 3 is 2.68 bits per heavy atom. The molecule has 4 aromatic rings. The highest BCUT2D eigenvalue weighted by Crippen LogP contribution is 2.35. The third kappa shape index (κ3) is 4.37. The van der Waals surface area contributed by atoms with E-state index < -0.39 is 0 Å². The van der Waals surface area contributed by atoms with Crippen molar-refractivity contribution in [3.05, 3.63) is 82.9 Å². The van der Waals surface area contributed by atoms with E-state index in [1.807, 2.05) is 60.7 Å². The molecule has 7 heteroatoms. The van der Waals surface area contributed by atoms with Crippen molar-refractivity contribution in [3.63, 3.8) is 0 Å². The van der Waals surface area contributed by atoms with Crippen molar-refractivity contribution in [2.24, 2.45) is 0 Å². The number of carbonyl (C=O) groups excluding carboxylic acids is 1. The molecule has 0 unspecified atom stereocenters. The summed E-state index contributed by atoms with van der Waals surface area (Å²) in [5.41, 5.74) is 4.26. The lowest BCUT2D eigenvalue weighted by atomic mass is 10.0. The Kier molecular flexibility index (Phi) is 5.99. The van der Waals surface area contributed by atoms with Crippen LogP contribution in [0, 0.1) is 0 Å². The Labute approximate surface area is 202 Å². The lowest BCUT2D eigenvalue weighted by molar-refractivity contribution is -0.130. The summed E-state index contributed by atoms with van der Waals surface area (Å²) in [6.07, 6.45) is 0. The lowest BCUT2D eigenvalue weighted by Gasteiger charge is -2.23. The minimum absolute atomic E-state index is 0.0418. The second-order valence-electron chi connectivity index (χ2n) is 8.10. The fourth-order valence-corrected chi connectivity index (χ4v) is 4.29. The topological polar surface area (TPSA) is 60.9 Å². The smallest absolute Gasteiger partial charge is 0.231 e. The fourth-order valence-electron chi connectivity index (χ4n) is 4.12. The number of ether oxygens (including phenoxy) is 3. The van der Waals surface area contributed by atoms with Gasteiger partial charge in [0, 0.05) is 36.0 Å². The van der Waals surface area contributed by atoms with Crippen molar-refractivity contribution in [2.75, 3.05) is 13.9 Å². The van der Waals surface area contributed by atoms with Gasteiger partial charge in [0.15, 0.2) is 11.5 Å². The van der Waals surface area contributed by atoms with E-state index in [-0.39, 0.29) is 12.7 Å². The van der Waals surface area contributed by atoms with Crippen LogP contribution in [0.15, 0.2) is 66.7 Å². The summed E-state index contributed by atoms with van der Waals surface area (Å²) in [7, 11) is 1.64. The quantitative estimate of drug-likeness (QED) is 0.351. The van der Waals surface area contributed by atoms with E-state index in [2.05, 4.69) is 6.07 Å². The number of rotatable bonds is 6. The first kappa shape index (κ1) is 22.0. The van der Waals surface area contributed by atoms with E-state index in [1.165, 1.54) is 0 Å². The number of aromatic nitrogens is 1. The average Bonchev–Trinajstić information content (AvgIpc) is 3.31. The predicted octanol–water partition coefficient (Wildman–Crippen LogP) is 5.84. The molecule has 0 radical (unpaired) electrons. The molecular weight excluding hydrogens is 452 g/mol. The van der Waals surface area contributed by atoms with Crippen LogP contribution in [0.5, 0.6) is 17.2 Å². The maximum Gasteiger partial charge on any atom is 0.231 e. The van der Waals surface area contributed by atoms with Crippen LogP contribution in [0.1, 0.15) is 18.1 Å². The number of carbonyl (C=O) groups is 1. The Balaban J connectivity index is 1.56. The van der Waals surface area contributed by atoms with Gasteiger partial charge in [-0.2, -0.15) is 0 Å². The van der Waals surface area contributed by atoms with Gasteiger partial charge in [-0.25, -0.2) is 4.98 Å². The Morgan fingerprint density at radius 1 is 1.03 bits per heavy atom. The van der Waals surface area contributed by atoms with E-state index >= 15 is 0 Å². The second-order valence-corrected chi connectivity index (χ2v) is 8.53. The normalized spacial score (nSPS) is 12.1. The molecule has 0 N–H and O–H groups in total.